The van der Waals surface area contributed by atoms with Crippen LogP contribution in [0.4, 0.5) is 17.1 Å². The highest BCUT2D eigenvalue weighted by atomic mass is 15.1. The van der Waals surface area contributed by atoms with Crippen LogP contribution >= 0.6 is 0 Å². The summed E-state index contributed by atoms with van der Waals surface area (Å²) < 4.78 is 0. The Morgan fingerprint density at radius 2 is 1.23 bits per heavy atom. The van der Waals surface area contributed by atoms with Crippen molar-refractivity contribution in [1.29, 1.82) is 0 Å². The van der Waals surface area contributed by atoms with E-state index in [0.717, 1.165) is 17.8 Å². The van der Waals surface area contributed by atoms with E-state index >= 15 is 0 Å². The van der Waals surface area contributed by atoms with E-state index in [4.69, 9.17) is 0 Å². The summed E-state index contributed by atoms with van der Waals surface area (Å²) >= 11 is 0. The first kappa shape index (κ1) is 34.8. The van der Waals surface area contributed by atoms with Gasteiger partial charge in [-0.15, -0.1) is 0 Å². The molecule has 4 aliphatic rings. The normalized spacial score (nSPS) is 20.8. The van der Waals surface area contributed by atoms with Crippen molar-refractivity contribution < 1.29 is 0 Å². The smallest absolute Gasteiger partial charge is 0.0465 e. The standard InChI is InChI=1S/C56H53N/c1-56(2)52-19-11-18-48(38-12-5-3-6-13-38)55(52)50-33-31-46(36-53(50)56)57(45-29-24-41(25-30-45)51-35-37-20-21-43(51)34-37)44-27-22-40(23-28-44)49-32-26-39-14-9-10-17-47(39)54(49)42-15-7-4-8-16-42/h4,7-11,14-19,22-33,36-38,43,51H,3,5-6,12-13,20-21,34-35H2,1-2H3. The molecule has 0 aromatic heterocycles. The van der Waals surface area contributed by atoms with Gasteiger partial charge in [0.05, 0.1) is 0 Å². The lowest BCUT2D eigenvalue weighted by Crippen LogP contribution is -2.17. The van der Waals surface area contributed by atoms with Crippen LogP contribution in [-0.2, 0) is 5.41 Å². The first-order valence-electron chi connectivity index (χ1n) is 21.9. The zero-order valence-corrected chi connectivity index (χ0v) is 33.6. The molecule has 0 N–H and O–H groups in total. The van der Waals surface area contributed by atoms with Gasteiger partial charge in [-0.1, -0.05) is 155 Å². The van der Waals surface area contributed by atoms with Gasteiger partial charge in [0.25, 0.3) is 0 Å². The van der Waals surface area contributed by atoms with Gasteiger partial charge in [-0.25, -0.2) is 0 Å². The van der Waals surface area contributed by atoms with E-state index < -0.39 is 0 Å². The molecule has 0 heterocycles. The predicted octanol–water partition coefficient (Wildman–Crippen LogP) is 15.9. The summed E-state index contributed by atoms with van der Waals surface area (Å²) in [4.78, 5) is 2.51. The van der Waals surface area contributed by atoms with Crippen LogP contribution in [0.3, 0.4) is 0 Å². The maximum absolute atomic E-state index is 2.52. The van der Waals surface area contributed by atoms with E-state index in [1.807, 2.05) is 0 Å². The summed E-state index contributed by atoms with van der Waals surface area (Å²) in [5.74, 6) is 3.21. The van der Waals surface area contributed by atoms with Crippen molar-refractivity contribution in [1.82, 2.24) is 0 Å². The Morgan fingerprint density at radius 3 is 1.98 bits per heavy atom. The molecule has 7 aromatic rings. The van der Waals surface area contributed by atoms with Crippen molar-refractivity contribution in [2.45, 2.75) is 88.9 Å². The zero-order valence-electron chi connectivity index (χ0n) is 33.6. The van der Waals surface area contributed by atoms with Crippen LogP contribution in [0.25, 0.3) is 44.2 Å². The molecule has 7 aromatic carbocycles. The maximum Gasteiger partial charge on any atom is 0.0465 e. The molecule has 1 nitrogen and oxygen atoms in total. The third-order valence-corrected chi connectivity index (χ3v) is 14.8. The fraction of sp³-hybridized carbons (Fsp3) is 0.286. The Hall–Kier alpha value is -5.40. The highest BCUT2D eigenvalue weighted by molar-refractivity contribution is 6.04. The van der Waals surface area contributed by atoms with Crippen LogP contribution in [0.1, 0.15) is 106 Å². The van der Waals surface area contributed by atoms with Gasteiger partial charge in [0.2, 0.25) is 0 Å². The lowest BCUT2D eigenvalue weighted by atomic mass is 9.78. The molecular formula is C56H53N. The summed E-state index contributed by atoms with van der Waals surface area (Å²) in [7, 11) is 0. The molecule has 0 amide bonds. The van der Waals surface area contributed by atoms with Crippen molar-refractivity contribution in [2.75, 3.05) is 4.90 Å². The van der Waals surface area contributed by atoms with Crippen LogP contribution in [0.5, 0.6) is 0 Å². The Balaban J connectivity index is 1.02. The molecule has 0 spiro atoms. The maximum atomic E-state index is 2.52. The van der Waals surface area contributed by atoms with E-state index in [-0.39, 0.29) is 5.41 Å². The second kappa shape index (κ2) is 13.9. The SMILES string of the molecule is CC1(C)c2cc(N(c3ccc(-c4ccc5ccccc5c4-c4ccccc4)cc3)c3ccc(C4CC5CCC4C5)cc3)ccc2-c2c(C3CCCCC3)cccc21. The van der Waals surface area contributed by atoms with Gasteiger partial charge in [-0.05, 0) is 159 Å². The lowest BCUT2D eigenvalue weighted by Gasteiger charge is -2.29. The first-order chi connectivity index (χ1) is 28.0. The van der Waals surface area contributed by atoms with Gasteiger partial charge >= 0.3 is 0 Å². The first-order valence-corrected chi connectivity index (χ1v) is 21.9. The molecule has 0 aliphatic heterocycles. The summed E-state index contributed by atoms with van der Waals surface area (Å²) in [5.41, 5.74) is 17.6. The van der Waals surface area contributed by atoms with Gasteiger partial charge in [0.1, 0.15) is 0 Å². The van der Waals surface area contributed by atoms with E-state index in [9.17, 15) is 0 Å². The Morgan fingerprint density at radius 1 is 0.509 bits per heavy atom. The third kappa shape index (κ3) is 5.88. The van der Waals surface area contributed by atoms with E-state index in [1.165, 1.54) is 136 Å². The highest BCUT2D eigenvalue weighted by Crippen LogP contribution is 2.55. The third-order valence-electron chi connectivity index (χ3n) is 14.8. The van der Waals surface area contributed by atoms with Crippen LogP contribution < -0.4 is 4.90 Å². The largest absolute Gasteiger partial charge is 0.310 e. The molecule has 3 atom stereocenters. The Bertz CT molecular complexity index is 2590. The van der Waals surface area contributed by atoms with Crippen LogP contribution in [-0.4, -0.2) is 0 Å². The molecule has 57 heavy (non-hydrogen) atoms. The molecule has 0 saturated heterocycles. The molecule has 3 fully saturated rings. The highest BCUT2D eigenvalue weighted by Gasteiger charge is 2.41. The minimum absolute atomic E-state index is 0.0730. The lowest BCUT2D eigenvalue weighted by molar-refractivity contribution is 0.420. The Kier molecular flexibility index (Phi) is 8.50. The second-order valence-electron chi connectivity index (χ2n) is 18.3. The molecule has 282 valence electrons. The van der Waals surface area contributed by atoms with Crippen LogP contribution in [0.2, 0.25) is 0 Å². The topological polar surface area (TPSA) is 3.24 Å². The average Bonchev–Trinajstić information content (AvgIpc) is 3.97. The second-order valence-corrected chi connectivity index (χ2v) is 18.3. The quantitative estimate of drug-likeness (QED) is 0.157. The van der Waals surface area contributed by atoms with Crippen LogP contribution in [0, 0.1) is 11.8 Å². The summed E-state index contributed by atoms with van der Waals surface area (Å²) in [6, 6.07) is 57.9. The fourth-order valence-corrected chi connectivity index (χ4v) is 11.9. The predicted molar refractivity (Wildman–Crippen MR) is 241 cm³/mol. The molecule has 11 rings (SSSR count). The molecular weight excluding hydrogens is 687 g/mol. The molecule has 2 bridgehead atoms. The molecule has 3 unspecified atom stereocenters. The summed E-state index contributed by atoms with van der Waals surface area (Å²) in [5, 5.41) is 2.56. The van der Waals surface area contributed by atoms with Gasteiger partial charge in [0.15, 0.2) is 0 Å². The van der Waals surface area contributed by atoms with Crippen molar-refractivity contribution in [2.24, 2.45) is 11.8 Å². The molecule has 3 saturated carbocycles. The molecule has 4 aliphatic carbocycles. The number of fused-ring (bicyclic) bond motifs is 6. The van der Waals surface area contributed by atoms with Gasteiger partial charge in [-0.3, -0.25) is 0 Å². The molecule has 0 radical (unpaired) electrons. The molecule has 1 heteroatoms. The Labute approximate surface area is 339 Å². The number of benzene rings is 7. The van der Waals surface area contributed by atoms with Crippen molar-refractivity contribution in [3.05, 3.63) is 174 Å². The van der Waals surface area contributed by atoms with Crippen molar-refractivity contribution in [3.63, 3.8) is 0 Å². The summed E-state index contributed by atoms with van der Waals surface area (Å²) in [6.07, 6.45) is 12.4. The van der Waals surface area contributed by atoms with Crippen molar-refractivity contribution in [3.8, 4) is 33.4 Å². The van der Waals surface area contributed by atoms with E-state index in [2.05, 4.69) is 170 Å². The number of hydrogen-bond acceptors (Lipinski definition) is 1. The van der Waals surface area contributed by atoms with E-state index in [1.54, 1.807) is 5.56 Å². The van der Waals surface area contributed by atoms with Gasteiger partial charge in [0, 0.05) is 22.5 Å². The number of anilines is 3. The average molecular weight is 740 g/mol. The monoisotopic (exact) mass is 739 g/mol. The summed E-state index contributed by atoms with van der Waals surface area (Å²) in [6.45, 7) is 4.90. The minimum Gasteiger partial charge on any atom is -0.310 e. The van der Waals surface area contributed by atoms with Crippen molar-refractivity contribution >= 4 is 27.8 Å². The van der Waals surface area contributed by atoms with E-state index in [0.29, 0.717) is 5.92 Å². The number of rotatable bonds is 7. The fourth-order valence-electron chi connectivity index (χ4n) is 11.9. The number of hydrogen-bond donors (Lipinski definition) is 0. The minimum atomic E-state index is -0.0730. The zero-order chi connectivity index (χ0) is 38.1. The van der Waals surface area contributed by atoms with Crippen LogP contribution in [0.15, 0.2) is 152 Å². The van der Waals surface area contributed by atoms with Gasteiger partial charge in [-0.2, -0.15) is 0 Å². The van der Waals surface area contributed by atoms with Gasteiger partial charge < -0.3 is 4.90 Å². The number of nitrogens with zero attached hydrogens (tertiary/aromatic N) is 1.